The summed E-state index contributed by atoms with van der Waals surface area (Å²) in [7, 11) is 0. The Bertz CT molecular complexity index is 400. The Hall–Kier alpha value is -1.42. The molecule has 0 aromatic carbocycles. The zero-order valence-electron chi connectivity index (χ0n) is 10.1. The maximum absolute atomic E-state index is 10.7. The van der Waals surface area contributed by atoms with E-state index < -0.39 is 5.97 Å². The molecule has 0 saturated heterocycles. The number of carboxylic acids is 1. The molecule has 1 aromatic rings. The molecule has 0 radical (unpaired) electrons. The summed E-state index contributed by atoms with van der Waals surface area (Å²) in [5.74, 6) is -0.767. The van der Waals surface area contributed by atoms with Gasteiger partial charge in [0.1, 0.15) is 0 Å². The minimum Gasteiger partial charge on any atom is -0.481 e. The first-order valence-electron chi connectivity index (χ1n) is 5.87. The molecule has 1 N–H and O–H groups in total. The van der Waals surface area contributed by atoms with E-state index in [0.29, 0.717) is 6.61 Å². The molecule has 0 amide bonds. The van der Waals surface area contributed by atoms with Crippen LogP contribution in [0.3, 0.4) is 0 Å². The Labute approximate surface area is 101 Å². The van der Waals surface area contributed by atoms with Gasteiger partial charge in [-0.2, -0.15) is 0 Å². The average Bonchev–Trinajstić information content (AvgIpc) is 3.07. The molecule has 2 unspecified atom stereocenters. The number of hydrogen-bond acceptors (Lipinski definition) is 3. The van der Waals surface area contributed by atoms with Gasteiger partial charge < -0.3 is 9.84 Å². The van der Waals surface area contributed by atoms with E-state index in [1.54, 1.807) is 6.20 Å². The third kappa shape index (κ3) is 3.03. The van der Waals surface area contributed by atoms with Crippen molar-refractivity contribution in [1.82, 2.24) is 4.98 Å². The van der Waals surface area contributed by atoms with E-state index in [1.807, 2.05) is 26.0 Å². The molecule has 4 nitrogen and oxygen atoms in total. The van der Waals surface area contributed by atoms with Gasteiger partial charge in [0.25, 0.3) is 0 Å². The Morgan fingerprint density at radius 3 is 2.82 bits per heavy atom. The highest BCUT2D eigenvalue weighted by Gasteiger charge is 2.44. The molecule has 1 fully saturated rings. The van der Waals surface area contributed by atoms with E-state index in [0.717, 1.165) is 17.7 Å². The lowest BCUT2D eigenvalue weighted by Crippen LogP contribution is -2.04. The number of ether oxygens (including phenoxy) is 1. The van der Waals surface area contributed by atoms with E-state index in [-0.39, 0.29) is 17.9 Å². The normalized spacial score (nSPS) is 22.8. The van der Waals surface area contributed by atoms with Crippen LogP contribution in [-0.4, -0.2) is 22.2 Å². The SMILES string of the molecule is CC(C)OCc1ccc(C2CC2C(=O)O)cn1. The van der Waals surface area contributed by atoms with E-state index in [1.165, 1.54) is 0 Å². The molecule has 1 aliphatic carbocycles. The van der Waals surface area contributed by atoms with Gasteiger partial charge in [0.2, 0.25) is 0 Å². The fourth-order valence-electron chi connectivity index (χ4n) is 1.83. The maximum atomic E-state index is 10.7. The topological polar surface area (TPSA) is 59.4 Å². The van der Waals surface area contributed by atoms with Crippen LogP contribution >= 0.6 is 0 Å². The fourth-order valence-corrected chi connectivity index (χ4v) is 1.83. The fraction of sp³-hybridized carbons (Fsp3) is 0.538. The number of hydrogen-bond donors (Lipinski definition) is 1. The molecule has 1 aliphatic rings. The van der Waals surface area contributed by atoms with Crippen LogP contribution in [0.2, 0.25) is 0 Å². The molecule has 92 valence electrons. The lowest BCUT2D eigenvalue weighted by atomic mass is 10.1. The number of pyridine rings is 1. The van der Waals surface area contributed by atoms with Gasteiger partial charge in [-0.05, 0) is 37.8 Å². The van der Waals surface area contributed by atoms with Crippen molar-refractivity contribution in [2.75, 3.05) is 0 Å². The van der Waals surface area contributed by atoms with E-state index in [2.05, 4.69) is 4.98 Å². The second kappa shape index (κ2) is 4.84. The zero-order chi connectivity index (χ0) is 12.4. The lowest BCUT2D eigenvalue weighted by Gasteiger charge is -2.07. The highest BCUT2D eigenvalue weighted by Crippen LogP contribution is 2.47. The molecule has 0 bridgehead atoms. The van der Waals surface area contributed by atoms with Crippen LogP contribution < -0.4 is 0 Å². The number of nitrogens with zero attached hydrogens (tertiary/aromatic N) is 1. The number of carbonyl (C=O) groups is 1. The van der Waals surface area contributed by atoms with E-state index in [4.69, 9.17) is 9.84 Å². The third-order valence-electron chi connectivity index (χ3n) is 2.95. The van der Waals surface area contributed by atoms with Gasteiger partial charge in [0.15, 0.2) is 0 Å². The quantitative estimate of drug-likeness (QED) is 0.849. The van der Waals surface area contributed by atoms with Crippen molar-refractivity contribution in [3.63, 3.8) is 0 Å². The zero-order valence-corrected chi connectivity index (χ0v) is 10.1. The molecular weight excluding hydrogens is 218 g/mol. The number of aromatic nitrogens is 1. The van der Waals surface area contributed by atoms with Crippen molar-refractivity contribution in [2.45, 2.75) is 38.9 Å². The van der Waals surface area contributed by atoms with Crippen LogP contribution in [-0.2, 0) is 16.1 Å². The van der Waals surface area contributed by atoms with Crippen molar-refractivity contribution < 1.29 is 14.6 Å². The summed E-state index contributed by atoms with van der Waals surface area (Å²) in [6.45, 7) is 4.47. The first-order chi connectivity index (χ1) is 8.08. The molecule has 4 heteroatoms. The highest BCUT2D eigenvalue weighted by atomic mass is 16.5. The predicted octanol–water partition coefficient (Wildman–Crippen LogP) is 2.19. The van der Waals surface area contributed by atoms with Crippen molar-refractivity contribution in [3.8, 4) is 0 Å². The van der Waals surface area contributed by atoms with Gasteiger partial charge in [-0.15, -0.1) is 0 Å². The molecule has 0 spiro atoms. The summed E-state index contributed by atoms with van der Waals surface area (Å²) in [5, 5.41) is 8.84. The molecular formula is C13H17NO3. The van der Waals surface area contributed by atoms with E-state index >= 15 is 0 Å². The standard InChI is InChI=1S/C13H17NO3/c1-8(2)17-7-10-4-3-9(6-14-10)11-5-12(11)13(15)16/h3-4,6,8,11-12H,5,7H2,1-2H3,(H,15,16). The van der Waals surface area contributed by atoms with Gasteiger partial charge in [0, 0.05) is 6.20 Å². The van der Waals surface area contributed by atoms with Gasteiger partial charge >= 0.3 is 5.97 Å². The molecule has 2 rings (SSSR count). The van der Waals surface area contributed by atoms with Crippen molar-refractivity contribution in [3.05, 3.63) is 29.6 Å². The van der Waals surface area contributed by atoms with Gasteiger partial charge in [-0.3, -0.25) is 9.78 Å². The molecule has 1 saturated carbocycles. The van der Waals surface area contributed by atoms with Crippen LogP contribution in [0.1, 0.15) is 37.4 Å². The number of aliphatic carboxylic acids is 1. The maximum Gasteiger partial charge on any atom is 0.307 e. The van der Waals surface area contributed by atoms with Crippen LogP contribution in [0.25, 0.3) is 0 Å². The second-order valence-corrected chi connectivity index (χ2v) is 4.73. The van der Waals surface area contributed by atoms with Crippen LogP contribution in [0.15, 0.2) is 18.3 Å². The predicted molar refractivity (Wildman–Crippen MR) is 62.6 cm³/mol. The molecule has 0 aliphatic heterocycles. The minimum absolute atomic E-state index is 0.153. The number of carboxylic acid groups (broad SMARTS) is 1. The lowest BCUT2D eigenvalue weighted by molar-refractivity contribution is -0.138. The Morgan fingerprint density at radius 2 is 2.35 bits per heavy atom. The Morgan fingerprint density at radius 1 is 1.59 bits per heavy atom. The molecule has 17 heavy (non-hydrogen) atoms. The van der Waals surface area contributed by atoms with Crippen LogP contribution in [0.4, 0.5) is 0 Å². The van der Waals surface area contributed by atoms with Gasteiger partial charge in [0.05, 0.1) is 24.3 Å². The monoisotopic (exact) mass is 235 g/mol. The summed E-state index contributed by atoms with van der Waals surface area (Å²) in [6, 6.07) is 3.87. The molecule has 1 aromatic heterocycles. The Balaban J connectivity index is 1.93. The summed E-state index contributed by atoms with van der Waals surface area (Å²) >= 11 is 0. The summed E-state index contributed by atoms with van der Waals surface area (Å²) in [4.78, 5) is 15.0. The smallest absolute Gasteiger partial charge is 0.307 e. The van der Waals surface area contributed by atoms with Crippen LogP contribution in [0, 0.1) is 5.92 Å². The summed E-state index contributed by atoms with van der Waals surface area (Å²) in [6.07, 6.45) is 2.70. The van der Waals surface area contributed by atoms with Crippen molar-refractivity contribution >= 4 is 5.97 Å². The van der Waals surface area contributed by atoms with Gasteiger partial charge in [-0.1, -0.05) is 6.07 Å². The minimum atomic E-state index is -0.706. The Kier molecular flexibility index (Phi) is 3.43. The summed E-state index contributed by atoms with van der Waals surface area (Å²) in [5.41, 5.74) is 1.90. The van der Waals surface area contributed by atoms with E-state index in [9.17, 15) is 4.79 Å². The summed E-state index contributed by atoms with van der Waals surface area (Å²) < 4.78 is 5.45. The molecule has 1 heterocycles. The first kappa shape index (κ1) is 12.0. The van der Waals surface area contributed by atoms with Crippen molar-refractivity contribution in [2.24, 2.45) is 5.92 Å². The second-order valence-electron chi connectivity index (χ2n) is 4.73. The largest absolute Gasteiger partial charge is 0.481 e. The van der Waals surface area contributed by atoms with Crippen LogP contribution in [0.5, 0.6) is 0 Å². The first-order valence-corrected chi connectivity index (χ1v) is 5.87. The molecule has 2 atom stereocenters. The van der Waals surface area contributed by atoms with Gasteiger partial charge in [-0.25, -0.2) is 0 Å². The van der Waals surface area contributed by atoms with Crippen molar-refractivity contribution in [1.29, 1.82) is 0 Å². The third-order valence-corrected chi connectivity index (χ3v) is 2.95. The average molecular weight is 235 g/mol. The highest BCUT2D eigenvalue weighted by molar-refractivity contribution is 5.75. The number of rotatable bonds is 5.